The molecule has 1 aliphatic carbocycles. The molecule has 40 valence electrons. The SMILES string of the molecule is NC1(O)C=CCC1. The fraction of sp³-hybridized carbons (Fsp3) is 0.600. The lowest BCUT2D eigenvalue weighted by Gasteiger charge is -2.10. The van der Waals surface area contributed by atoms with Gasteiger partial charge in [0.1, 0.15) is 5.72 Å². The summed E-state index contributed by atoms with van der Waals surface area (Å²) in [6.45, 7) is 0. The van der Waals surface area contributed by atoms with Gasteiger partial charge in [-0.2, -0.15) is 0 Å². The Kier molecular flexibility index (Phi) is 0.905. The Bertz CT molecular complexity index is 96.3. The minimum Gasteiger partial charge on any atom is -0.372 e. The molecule has 0 aliphatic heterocycles. The smallest absolute Gasteiger partial charge is 0.132 e. The van der Waals surface area contributed by atoms with Gasteiger partial charge in [0, 0.05) is 0 Å². The molecule has 1 rings (SSSR count). The van der Waals surface area contributed by atoms with E-state index in [4.69, 9.17) is 10.8 Å². The van der Waals surface area contributed by atoms with Gasteiger partial charge < -0.3 is 10.8 Å². The molecule has 1 unspecified atom stereocenters. The van der Waals surface area contributed by atoms with Crippen LogP contribution in [0.4, 0.5) is 0 Å². The van der Waals surface area contributed by atoms with E-state index in [0.29, 0.717) is 6.42 Å². The highest BCUT2D eigenvalue weighted by atomic mass is 16.3. The first-order valence-corrected chi connectivity index (χ1v) is 2.40. The molecule has 0 bridgehead atoms. The lowest BCUT2D eigenvalue weighted by atomic mass is 10.2. The summed E-state index contributed by atoms with van der Waals surface area (Å²) in [5.74, 6) is 0. The van der Waals surface area contributed by atoms with Gasteiger partial charge >= 0.3 is 0 Å². The predicted molar refractivity (Wildman–Crippen MR) is 27.5 cm³/mol. The van der Waals surface area contributed by atoms with Crippen molar-refractivity contribution >= 4 is 0 Å². The van der Waals surface area contributed by atoms with Crippen molar-refractivity contribution in [3.05, 3.63) is 12.2 Å². The third-order valence-electron chi connectivity index (χ3n) is 1.12. The largest absolute Gasteiger partial charge is 0.372 e. The summed E-state index contributed by atoms with van der Waals surface area (Å²) in [6.07, 6.45) is 5.10. The first kappa shape index (κ1) is 4.81. The van der Waals surface area contributed by atoms with Crippen molar-refractivity contribution in [3.8, 4) is 0 Å². The highest BCUT2D eigenvalue weighted by Gasteiger charge is 2.18. The van der Waals surface area contributed by atoms with E-state index in [-0.39, 0.29) is 0 Å². The van der Waals surface area contributed by atoms with Crippen molar-refractivity contribution in [2.24, 2.45) is 5.73 Å². The fourth-order valence-electron chi connectivity index (χ4n) is 0.685. The summed E-state index contributed by atoms with van der Waals surface area (Å²) in [5, 5.41) is 8.89. The van der Waals surface area contributed by atoms with Crippen molar-refractivity contribution in [1.82, 2.24) is 0 Å². The van der Waals surface area contributed by atoms with Crippen LogP contribution in [0.1, 0.15) is 12.8 Å². The lowest BCUT2D eigenvalue weighted by molar-refractivity contribution is 0.0985. The summed E-state index contributed by atoms with van der Waals surface area (Å²) in [4.78, 5) is 0. The summed E-state index contributed by atoms with van der Waals surface area (Å²) < 4.78 is 0. The van der Waals surface area contributed by atoms with Crippen molar-refractivity contribution < 1.29 is 5.11 Å². The molecule has 3 N–H and O–H groups in total. The standard InChI is InChI=1S/C5H9NO/c6-5(7)3-1-2-4-5/h1,3,7H,2,4,6H2. The van der Waals surface area contributed by atoms with Crippen LogP contribution in [0.5, 0.6) is 0 Å². The highest BCUT2D eigenvalue weighted by molar-refractivity contribution is 5.04. The zero-order chi connectivity index (χ0) is 5.33. The van der Waals surface area contributed by atoms with E-state index in [1.807, 2.05) is 6.08 Å². The van der Waals surface area contributed by atoms with Gasteiger partial charge in [0.2, 0.25) is 0 Å². The molecule has 0 heterocycles. The molecule has 0 aromatic carbocycles. The molecule has 0 amide bonds. The monoisotopic (exact) mass is 99.1 g/mol. The van der Waals surface area contributed by atoms with Gasteiger partial charge in [-0.05, 0) is 18.9 Å². The van der Waals surface area contributed by atoms with Gasteiger partial charge in [0.25, 0.3) is 0 Å². The van der Waals surface area contributed by atoms with Crippen LogP contribution in [-0.2, 0) is 0 Å². The zero-order valence-electron chi connectivity index (χ0n) is 4.09. The second kappa shape index (κ2) is 1.32. The molecule has 0 radical (unpaired) electrons. The molecule has 0 saturated heterocycles. The Morgan fingerprint density at radius 1 is 1.71 bits per heavy atom. The summed E-state index contributed by atoms with van der Waals surface area (Å²) in [7, 11) is 0. The van der Waals surface area contributed by atoms with Gasteiger partial charge in [-0.3, -0.25) is 0 Å². The quantitative estimate of drug-likeness (QED) is 0.331. The number of hydrogen-bond donors (Lipinski definition) is 2. The number of rotatable bonds is 0. The lowest BCUT2D eigenvalue weighted by Crippen LogP contribution is -2.34. The van der Waals surface area contributed by atoms with E-state index in [1.54, 1.807) is 6.08 Å². The summed E-state index contributed by atoms with van der Waals surface area (Å²) >= 11 is 0. The molecule has 1 aliphatic rings. The molecule has 7 heavy (non-hydrogen) atoms. The van der Waals surface area contributed by atoms with Crippen LogP contribution in [0.25, 0.3) is 0 Å². The van der Waals surface area contributed by atoms with E-state index in [9.17, 15) is 0 Å². The van der Waals surface area contributed by atoms with E-state index in [0.717, 1.165) is 6.42 Å². The van der Waals surface area contributed by atoms with Crippen LogP contribution in [0.2, 0.25) is 0 Å². The molecule has 0 fully saturated rings. The second-order valence-electron chi connectivity index (χ2n) is 1.93. The Hall–Kier alpha value is -0.340. The maximum atomic E-state index is 8.89. The molecule has 0 spiro atoms. The van der Waals surface area contributed by atoms with Gasteiger partial charge in [0.05, 0.1) is 0 Å². The summed E-state index contributed by atoms with van der Waals surface area (Å²) in [5.41, 5.74) is 4.26. The normalized spacial score (nSPS) is 39.7. The maximum Gasteiger partial charge on any atom is 0.132 e. The molecule has 1 atom stereocenters. The first-order valence-electron chi connectivity index (χ1n) is 2.40. The van der Waals surface area contributed by atoms with Gasteiger partial charge in [0.15, 0.2) is 0 Å². The van der Waals surface area contributed by atoms with Crippen molar-refractivity contribution in [3.63, 3.8) is 0 Å². The van der Waals surface area contributed by atoms with Crippen molar-refractivity contribution in [1.29, 1.82) is 0 Å². The molecule has 0 saturated carbocycles. The van der Waals surface area contributed by atoms with Crippen LogP contribution in [0, 0.1) is 0 Å². The fourth-order valence-corrected chi connectivity index (χ4v) is 0.685. The van der Waals surface area contributed by atoms with Gasteiger partial charge in [-0.15, -0.1) is 0 Å². The number of nitrogens with two attached hydrogens (primary N) is 1. The van der Waals surface area contributed by atoms with Crippen LogP contribution in [0.3, 0.4) is 0 Å². The highest BCUT2D eigenvalue weighted by Crippen LogP contribution is 2.14. The maximum absolute atomic E-state index is 8.89. The van der Waals surface area contributed by atoms with E-state index in [2.05, 4.69) is 0 Å². The average Bonchev–Trinajstić information content (AvgIpc) is 1.84. The molecular weight excluding hydrogens is 90.1 g/mol. The minimum absolute atomic E-state index is 0.674. The van der Waals surface area contributed by atoms with E-state index in [1.165, 1.54) is 0 Å². The predicted octanol–water partition coefficient (Wildman–Crippen LogP) is -0.0163. The first-order chi connectivity index (χ1) is 3.21. The van der Waals surface area contributed by atoms with Crippen LogP contribution < -0.4 is 5.73 Å². The topological polar surface area (TPSA) is 46.2 Å². The Labute approximate surface area is 42.6 Å². The van der Waals surface area contributed by atoms with E-state index >= 15 is 0 Å². The Balaban J connectivity index is 2.57. The molecule has 2 nitrogen and oxygen atoms in total. The van der Waals surface area contributed by atoms with Gasteiger partial charge in [-0.1, -0.05) is 6.08 Å². The Morgan fingerprint density at radius 2 is 2.43 bits per heavy atom. The number of aliphatic hydroxyl groups is 1. The molecule has 0 aromatic rings. The van der Waals surface area contributed by atoms with Crippen molar-refractivity contribution in [2.75, 3.05) is 0 Å². The Morgan fingerprint density at radius 3 is 2.57 bits per heavy atom. The molecule has 0 aromatic heterocycles. The molecular formula is C5H9NO. The number of allylic oxidation sites excluding steroid dienone is 1. The second-order valence-corrected chi connectivity index (χ2v) is 1.93. The van der Waals surface area contributed by atoms with Gasteiger partial charge in [-0.25, -0.2) is 0 Å². The molecule has 2 heteroatoms. The van der Waals surface area contributed by atoms with Crippen LogP contribution in [-0.4, -0.2) is 10.8 Å². The number of hydrogen-bond acceptors (Lipinski definition) is 2. The third-order valence-corrected chi connectivity index (χ3v) is 1.12. The van der Waals surface area contributed by atoms with E-state index < -0.39 is 5.72 Å². The average molecular weight is 99.1 g/mol. The summed E-state index contributed by atoms with van der Waals surface area (Å²) in [6, 6.07) is 0. The van der Waals surface area contributed by atoms with Crippen molar-refractivity contribution in [2.45, 2.75) is 18.6 Å². The minimum atomic E-state index is -0.986. The zero-order valence-corrected chi connectivity index (χ0v) is 4.09. The third kappa shape index (κ3) is 1.01. The van der Waals surface area contributed by atoms with Crippen LogP contribution in [0.15, 0.2) is 12.2 Å². The van der Waals surface area contributed by atoms with Crippen LogP contribution >= 0.6 is 0 Å².